The zero-order valence-corrected chi connectivity index (χ0v) is 5.50. The summed E-state index contributed by atoms with van der Waals surface area (Å²) in [4.78, 5) is 8.13. The number of rotatable bonds is 0. The summed E-state index contributed by atoms with van der Waals surface area (Å²) in [5.74, 6) is 0.772. The van der Waals surface area contributed by atoms with E-state index in [0.29, 0.717) is 0 Å². The minimum atomic E-state index is 0.772. The molecular weight excluding hydrogens is 128 g/mol. The van der Waals surface area contributed by atoms with E-state index < -0.39 is 0 Å². The summed E-state index contributed by atoms with van der Waals surface area (Å²) in [6.07, 6.45) is 3.41. The molecule has 0 spiro atoms. The highest BCUT2D eigenvalue weighted by molar-refractivity contribution is 5.71. The van der Waals surface area contributed by atoms with Crippen LogP contribution < -0.4 is 0 Å². The lowest BCUT2D eigenvalue weighted by Gasteiger charge is -1.87. The number of aromatic nitrogens is 4. The van der Waals surface area contributed by atoms with Gasteiger partial charge in [0.15, 0.2) is 0 Å². The van der Waals surface area contributed by atoms with Crippen LogP contribution in [0.25, 0.3) is 11.0 Å². The third-order valence-electron chi connectivity index (χ3n) is 1.31. The number of hydrogen-bond donors (Lipinski definition) is 1. The summed E-state index contributed by atoms with van der Waals surface area (Å²) in [5, 5.41) is 6.59. The summed E-state index contributed by atoms with van der Waals surface area (Å²) < 4.78 is 0. The Morgan fingerprint density at radius 3 is 3.20 bits per heavy atom. The third kappa shape index (κ3) is 0.655. The van der Waals surface area contributed by atoms with Crippen LogP contribution in [0.3, 0.4) is 0 Å². The van der Waals surface area contributed by atoms with E-state index >= 15 is 0 Å². The van der Waals surface area contributed by atoms with Crippen LogP contribution in [0.2, 0.25) is 0 Å². The number of nitrogens with zero attached hydrogens (tertiary/aromatic N) is 3. The van der Waals surface area contributed by atoms with Crippen LogP contribution in [0, 0.1) is 6.92 Å². The molecule has 0 unspecified atom stereocenters. The Hall–Kier alpha value is -1.45. The molecule has 0 saturated heterocycles. The molecule has 0 bridgehead atoms. The lowest BCUT2D eigenvalue weighted by atomic mass is 10.5. The Balaban J connectivity index is 2.86. The van der Waals surface area contributed by atoms with Gasteiger partial charge in [-0.3, -0.25) is 5.10 Å². The molecule has 0 atom stereocenters. The van der Waals surface area contributed by atoms with Crippen molar-refractivity contribution in [1.29, 1.82) is 0 Å². The Morgan fingerprint density at radius 2 is 2.30 bits per heavy atom. The van der Waals surface area contributed by atoms with Gasteiger partial charge in [0.1, 0.15) is 16.9 Å². The molecule has 2 aromatic rings. The van der Waals surface area contributed by atoms with Gasteiger partial charge in [-0.25, -0.2) is 9.97 Å². The average Bonchev–Trinajstić information content (AvgIpc) is 2.33. The largest absolute Gasteiger partial charge is 0.275 e. The Bertz CT molecular complexity index is 351. The molecule has 2 rings (SSSR count). The van der Waals surface area contributed by atoms with Crippen molar-refractivity contribution < 1.29 is 0 Å². The minimum Gasteiger partial charge on any atom is -0.275 e. The van der Waals surface area contributed by atoms with Gasteiger partial charge in [-0.1, -0.05) is 0 Å². The van der Waals surface area contributed by atoms with Crippen molar-refractivity contribution in [3.8, 4) is 0 Å². The molecule has 0 radical (unpaired) electrons. The topological polar surface area (TPSA) is 54.5 Å². The number of H-pyrrole nitrogens is 1. The standard InChI is InChI=1S/C6H6N4/c1-4-7-2-6-5(9-4)3-8-10-6/h2-3H,1H3,(H,8,10). The molecule has 0 aliphatic carbocycles. The summed E-state index contributed by atoms with van der Waals surface area (Å²) in [7, 11) is 0. The maximum atomic E-state index is 4.13. The Labute approximate surface area is 57.3 Å². The Kier molecular flexibility index (Phi) is 0.943. The van der Waals surface area contributed by atoms with Crippen LogP contribution >= 0.6 is 0 Å². The predicted molar refractivity (Wildman–Crippen MR) is 36.4 cm³/mol. The van der Waals surface area contributed by atoms with Gasteiger partial charge in [-0.05, 0) is 6.92 Å². The van der Waals surface area contributed by atoms with Gasteiger partial charge in [0.25, 0.3) is 0 Å². The van der Waals surface area contributed by atoms with Crippen LogP contribution in [-0.2, 0) is 0 Å². The highest BCUT2D eigenvalue weighted by atomic mass is 15.1. The van der Waals surface area contributed by atoms with Crippen LogP contribution in [0.4, 0.5) is 0 Å². The highest BCUT2D eigenvalue weighted by Gasteiger charge is 1.95. The first-order valence-electron chi connectivity index (χ1n) is 2.99. The third-order valence-corrected chi connectivity index (χ3v) is 1.31. The van der Waals surface area contributed by atoms with Crippen molar-refractivity contribution in [2.24, 2.45) is 0 Å². The van der Waals surface area contributed by atoms with E-state index in [1.165, 1.54) is 0 Å². The summed E-state index contributed by atoms with van der Waals surface area (Å²) in [5.41, 5.74) is 1.75. The van der Waals surface area contributed by atoms with Crippen LogP contribution in [0.5, 0.6) is 0 Å². The second-order valence-corrected chi connectivity index (χ2v) is 2.09. The molecule has 2 heterocycles. The Morgan fingerprint density at radius 1 is 1.40 bits per heavy atom. The van der Waals surface area contributed by atoms with Crippen molar-refractivity contribution in [3.05, 3.63) is 18.2 Å². The molecule has 0 amide bonds. The number of nitrogens with one attached hydrogen (secondary N) is 1. The molecule has 4 heteroatoms. The molecule has 0 saturated carbocycles. The molecule has 0 aromatic carbocycles. The summed E-state index contributed by atoms with van der Waals surface area (Å²) >= 11 is 0. The molecule has 10 heavy (non-hydrogen) atoms. The van der Waals surface area contributed by atoms with Crippen LogP contribution in [0.15, 0.2) is 12.4 Å². The zero-order chi connectivity index (χ0) is 6.97. The van der Waals surface area contributed by atoms with E-state index in [9.17, 15) is 0 Å². The quantitative estimate of drug-likeness (QED) is 0.575. The van der Waals surface area contributed by atoms with Gasteiger partial charge >= 0.3 is 0 Å². The fraction of sp³-hybridized carbons (Fsp3) is 0.167. The second-order valence-electron chi connectivity index (χ2n) is 2.09. The van der Waals surface area contributed by atoms with Gasteiger partial charge in [0, 0.05) is 0 Å². The van der Waals surface area contributed by atoms with E-state index in [-0.39, 0.29) is 0 Å². The lowest BCUT2D eigenvalue weighted by Crippen LogP contribution is -1.84. The van der Waals surface area contributed by atoms with E-state index in [1.54, 1.807) is 12.4 Å². The van der Waals surface area contributed by atoms with Crippen molar-refractivity contribution in [1.82, 2.24) is 20.2 Å². The van der Waals surface area contributed by atoms with E-state index in [0.717, 1.165) is 16.9 Å². The van der Waals surface area contributed by atoms with Crippen molar-refractivity contribution >= 4 is 11.0 Å². The van der Waals surface area contributed by atoms with Gasteiger partial charge < -0.3 is 0 Å². The normalized spacial score (nSPS) is 10.5. The van der Waals surface area contributed by atoms with Gasteiger partial charge in [0.05, 0.1) is 12.4 Å². The molecule has 50 valence electrons. The number of aryl methyl sites for hydroxylation is 1. The second kappa shape index (κ2) is 1.76. The smallest absolute Gasteiger partial charge is 0.126 e. The molecule has 1 N–H and O–H groups in total. The maximum Gasteiger partial charge on any atom is 0.126 e. The first-order chi connectivity index (χ1) is 4.86. The highest BCUT2D eigenvalue weighted by Crippen LogP contribution is 2.03. The minimum absolute atomic E-state index is 0.772. The molecule has 0 fully saturated rings. The number of fused-ring (bicyclic) bond motifs is 1. The maximum absolute atomic E-state index is 4.13. The zero-order valence-electron chi connectivity index (χ0n) is 5.50. The fourth-order valence-corrected chi connectivity index (χ4v) is 0.835. The van der Waals surface area contributed by atoms with Gasteiger partial charge in [-0.15, -0.1) is 0 Å². The number of hydrogen-bond acceptors (Lipinski definition) is 3. The first kappa shape index (κ1) is 5.34. The van der Waals surface area contributed by atoms with Crippen molar-refractivity contribution in [2.45, 2.75) is 6.92 Å². The van der Waals surface area contributed by atoms with Gasteiger partial charge in [-0.2, -0.15) is 5.10 Å². The lowest BCUT2D eigenvalue weighted by molar-refractivity contribution is 1.08. The molecule has 0 aliphatic rings. The SMILES string of the molecule is Cc1ncc2[nH]ncc2n1. The van der Waals surface area contributed by atoms with Gasteiger partial charge in [0.2, 0.25) is 0 Å². The fourth-order valence-electron chi connectivity index (χ4n) is 0.835. The number of aromatic amines is 1. The van der Waals surface area contributed by atoms with Crippen LogP contribution in [0.1, 0.15) is 5.82 Å². The molecule has 4 nitrogen and oxygen atoms in total. The molecular formula is C6H6N4. The first-order valence-corrected chi connectivity index (χ1v) is 2.99. The summed E-state index contributed by atoms with van der Waals surface area (Å²) in [6.45, 7) is 1.85. The molecule has 0 aliphatic heterocycles. The molecule has 2 aromatic heterocycles. The van der Waals surface area contributed by atoms with E-state index in [1.807, 2.05) is 6.92 Å². The monoisotopic (exact) mass is 134 g/mol. The summed E-state index contributed by atoms with van der Waals surface area (Å²) in [6, 6.07) is 0. The predicted octanol–water partition coefficient (Wildman–Crippen LogP) is 0.661. The average molecular weight is 134 g/mol. The van der Waals surface area contributed by atoms with Crippen LogP contribution in [-0.4, -0.2) is 20.2 Å². The van der Waals surface area contributed by atoms with Crippen molar-refractivity contribution in [2.75, 3.05) is 0 Å². The van der Waals surface area contributed by atoms with E-state index in [4.69, 9.17) is 0 Å². The van der Waals surface area contributed by atoms with Crippen molar-refractivity contribution in [3.63, 3.8) is 0 Å². The van der Waals surface area contributed by atoms with E-state index in [2.05, 4.69) is 20.2 Å².